The molecule has 1 fully saturated rings. The van der Waals surface area contributed by atoms with Gasteiger partial charge in [-0.25, -0.2) is 4.98 Å². The van der Waals surface area contributed by atoms with Crippen molar-refractivity contribution >= 4 is 29.0 Å². The summed E-state index contributed by atoms with van der Waals surface area (Å²) in [5.74, 6) is 1.34. The van der Waals surface area contributed by atoms with Crippen LogP contribution in [-0.2, 0) is 5.88 Å². The highest BCUT2D eigenvalue weighted by Gasteiger charge is 2.24. The van der Waals surface area contributed by atoms with Gasteiger partial charge in [0.2, 0.25) is 0 Å². The minimum absolute atomic E-state index is 0.452. The van der Waals surface area contributed by atoms with Crippen molar-refractivity contribution in [3.63, 3.8) is 0 Å². The molecule has 0 spiro atoms. The van der Waals surface area contributed by atoms with Crippen LogP contribution in [0.15, 0.2) is 12.3 Å². The molecule has 1 aliphatic rings. The molecule has 0 radical (unpaired) electrons. The van der Waals surface area contributed by atoms with Crippen LogP contribution in [0.5, 0.6) is 0 Å². The van der Waals surface area contributed by atoms with Crippen molar-refractivity contribution in [3.05, 3.63) is 22.8 Å². The Morgan fingerprint density at radius 2 is 2.22 bits per heavy atom. The molecule has 1 aromatic heterocycles. The third kappa shape index (κ3) is 2.90. The fourth-order valence-corrected chi connectivity index (χ4v) is 2.81. The normalized spacial score (nSPS) is 21.3. The summed E-state index contributed by atoms with van der Waals surface area (Å²) in [6, 6.07) is 2.49. The fourth-order valence-electron chi connectivity index (χ4n) is 2.36. The zero-order valence-corrected chi connectivity index (χ0v) is 12.4. The van der Waals surface area contributed by atoms with Crippen molar-refractivity contribution in [1.82, 2.24) is 9.88 Å². The summed E-state index contributed by atoms with van der Waals surface area (Å²) in [4.78, 5) is 9.13. The molecule has 0 amide bonds. The minimum Gasteiger partial charge on any atom is -0.353 e. The van der Waals surface area contributed by atoms with E-state index in [9.17, 15) is 0 Å². The van der Waals surface area contributed by atoms with Crippen LogP contribution < -0.4 is 4.90 Å². The first-order valence-corrected chi connectivity index (χ1v) is 7.22. The molecule has 3 nitrogen and oxygen atoms in total. The van der Waals surface area contributed by atoms with Gasteiger partial charge in [0.15, 0.2) is 0 Å². The second kappa shape index (κ2) is 6.09. The van der Waals surface area contributed by atoms with Gasteiger partial charge < -0.3 is 4.90 Å². The molecule has 2 heterocycles. The summed E-state index contributed by atoms with van der Waals surface area (Å²) < 4.78 is 0. The molecule has 0 N–H and O–H groups in total. The number of pyridine rings is 1. The molecular weight excluding hydrogens is 269 g/mol. The average molecular weight is 288 g/mol. The molecule has 0 aromatic carbocycles. The second-order valence-corrected chi connectivity index (χ2v) is 5.45. The van der Waals surface area contributed by atoms with Gasteiger partial charge in [0.25, 0.3) is 0 Å². The van der Waals surface area contributed by atoms with E-state index >= 15 is 0 Å². The van der Waals surface area contributed by atoms with Crippen LogP contribution in [0.2, 0.25) is 5.02 Å². The van der Waals surface area contributed by atoms with Crippen molar-refractivity contribution in [2.24, 2.45) is 0 Å². The van der Waals surface area contributed by atoms with Crippen LogP contribution in [0.1, 0.15) is 18.9 Å². The van der Waals surface area contributed by atoms with Gasteiger partial charge in [0, 0.05) is 37.8 Å². The number of hydrogen-bond donors (Lipinski definition) is 0. The van der Waals surface area contributed by atoms with E-state index in [-0.39, 0.29) is 0 Å². The quantitative estimate of drug-likeness (QED) is 0.797. The Labute approximate surface area is 119 Å². The van der Waals surface area contributed by atoms with Crippen LogP contribution in [-0.4, -0.2) is 42.6 Å². The number of aromatic nitrogens is 1. The number of rotatable bonds is 3. The molecule has 0 saturated carbocycles. The first-order valence-electron chi connectivity index (χ1n) is 6.31. The molecule has 0 bridgehead atoms. The van der Waals surface area contributed by atoms with Crippen LogP contribution in [0.4, 0.5) is 5.82 Å². The predicted octanol–water partition coefficient (Wildman–Crippen LogP) is 3.00. The Kier molecular flexibility index (Phi) is 4.71. The summed E-state index contributed by atoms with van der Waals surface area (Å²) in [7, 11) is 2.18. The lowest BCUT2D eigenvalue weighted by Gasteiger charge is -2.40. The number of anilines is 1. The third-order valence-corrected chi connectivity index (χ3v) is 4.17. The molecule has 1 atom stereocenters. The van der Waals surface area contributed by atoms with Crippen LogP contribution in [0.25, 0.3) is 0 Å². The molecular formula is C13H19Cl2N3. The standard InChI is InChI=1S/C13H19Cl2N3/c1-3-11-9-18(5-4-17(11)2)13-12(15)6-10(7-14)8-16-13/h6,8,11H,3-5,7,9H2,1-2H3. The predicted molar refractivity (Wildman–Crippen MR) is 77.7 cm³/mol. The number of halogens is 2. The van der Waals surface area contributed by atoms with E-state index in [1.54, 1.807) is 0 Å². The summed E-state index contributed by atoms with van der Waals surface area (Å²) in [5, 5.41) is 0.701. The first-order chi connectivity index (χ1) is 8.65. The lowest BCUT2D eigenvalue weighted by molar-refractivity contribution is 0.213. The van der Waals surface area contributed by atoms with E-state index in [0.717, 1.165) is 37.4 Å². The fraction of sp³-hybridized carbons (Fsp3) is 0.615. The number of piperazine rings is 1. The van der Waals surface area contributed by atoms with Crippen molar-refractivity contribution in [2.45, 2.75) is 25.3 Å². The molecule has 1 aliphatic heterocycles. The van der Waals surface area contributed by atoms with Gasteiger partial charge in [-0.3, -0.25) is 4.90 Å². The van der Waals surface area contributed by atoms with Crippen molar-refractivity contribution < 1.29 is 0 Å². The maximum atomic E-state index is 6.29. The lowest BCUT2D eigenvalue weighted by Crippen LogP contribution is -2.51. The van der Waals surface area contributed by atoms with Gasteiger partial charge in [0.1, 0.15) is 5.82 Å². The Morgan fingerprint density at radius 3 is 2.83 bits per heavy atom. The van der Waals surface area contributed by atoms with Gasteiger partial charge in [-0.2, -0.15) is 0 Å². The zero-order chi connectivity index (χ0) is 13.1. The molecule has 1 saturated heterocycles. The van der Waals surface area contributed by atoms with E-state index in [0.29, 0.717) is 16.9 Å². The Balaban J connectivity index is 2.16. The van der Waals surface area contributed by atoms with Gasteiger partial charge >= 0.3 is 0 Å². The smallest absolute Gasteiger partial charge is 0.147 e. The zero-order valence-electron chi connectivity index (χ0n) is 10.9. The molecule has 2 rings (SSSR count). The lowest BCUT2D eigenvalue weighted by atomic mass is 10.1. The maximum Gasteiger partial charge on any atom is 0.147 e. The van der Waals surface area contributed by atoms with Crippen molar-refractivity contribution in [2.75, 3.05) is 31.6 Å². The van der Waals surface area contributed by atoms with Crippen molar-refractivity contribution in [3.8, 4) is 0 Å². The maximum absolute atomic E-state index is 6.29. The van der Waals surface area contributed by atoms with Gasteiger partial charge in [0.05, 0.1) is 5.02 Å². The summed E-state index contributed by atoms with van der Waals surface area (Å²) in [6.45, 7) is 5.23. The largest absolute Gasteiger partial charge is 0.353 e. The molecule has 100 valence electrons. The molecule has 1 unspecified atom stereocenters. The Bertz CT molecular complexity index is 411. The second-order valence-electron chi connectivity index (χ2n) is 4.77. The monoisotopic (exact) mass is 287 g/mol. The number of hydrogen-bond acceptors (Lipinski definition) is 3. The summed E-state index contributed by atoms with van der Waals surface area (Å²) in [6.07, 6.45) is 2.96. The SMILES string of the molecule is CCC1CN(c2ncc(CCl)cc2Cl)CCN1C. The number of likely N-dealkylation sites (N-methyl/N-ethyl adjacent to an activating group) is 1. The minimum atomic E-state index is 0.452. The Morgan fingerprint density at radius 1 is 1.44 bits per heavy atom. The highest BCUT2D eigenvalue weighted by molar-refractivity contribution is 6.33. The molecule has 1 aromatic rings. The van der Waals surface area contributed by atoms with E-state index in [1.165, 1.54) is 0 Å². The average Bonchev–Trinajstić information content (AvgIpc) is 2.39. The first kappa shape index (κ1) is 13.9. The van der Waals surface area contributed by atoms with E-state index in [2.05, 4.69) is 28.8 Å². The van der Waals surface area contributed by atoms with E-state index in [4.69, 9.17) is 23.2 Å². The van der Waals surface area contributed by atoms with E-state index in [1.807, 2.05) is 12.3 Å². The number of alkyl halides is 1. The van der Waals surface area contributed by atoms with Crippen molar-refractivity contribution in [1.29, 1.82) is 0 Å². The van der Waals surface area contributed by atoms with Crippen LogP contribution >= 0.6 is 23.2 Å². The molecule has 5 heteroatoms. The highest BCUT2D eigenvalue weighted by atomic mass is 35.5. The third-order valence-electron chi connectivity index (χ3n) is 3.58. The number of nitrogens with zero attached hydrogens (tertiary/aromatic N) is 3. The van der Waals surface area contributed by atoms with Gasteiger partial charge in [-0.1, -0.05) is 18.5 Å². The Hall–Kier alpha value is -0.510. The van der Waals surface area contributed by atoms with Gasteiger partial charge in [-0.05, 0) is 25.1 Å². The van der Waals surface area contributed by atoms with Gasteiger partial charge in [-0.15, -0.1) is 11.6 Å². The van der Waals surface area contributed by atoms with Crippen LogP contribution in [0, 0.1) is 0 Å². The topological polar surface area (TPSA) is 19.4 Å². The summed E-state index contributed by atoms with van der Waals surface area (Å²) in [5.41, 5.74) is 0.964. The molecule has 18 heavy (non-hydrogen) atoms. The van der Waals surface area contributed by atoms with E-state index < -0.39 is 0 Å². The highest BCUT2D eigenvalue weighted by Crippen LogP contribution is 2.26. The summed E-state index contributed by atoms with van der Waals surface area (Å²) >= 11 is 12.1. The molecule has 0 aliphatic carbocycles. The van der Waals surface area contributed by atoms with Crippen LogP contribution in [0.3, 0.4) is 0 Å².